The van der Waals surface area contributed by atoms with E-state index in [9.17, 15) is 9.90 Å². The van der Waals surface area contributed by atoms with Gasteiger partial charge >= 0.3 is 5.97 Å². The van der Waals surface area contributed by atoms with Crippen LogP contribution in [0.5, 0.6) is 0 Å². The van der Waals surface area contributed by atoms with Gasteiger partial charge in [0.1, 0.15) is 6.04 Å². The van der Waals surface area contributed by atoms with Gasteiger partial charge in [-0.25, -0.2) is 0 Å². The molecule has 0 amide bonds. The van der Waals surface area contributed by atoms with Gasteiger partial charge in [-0.1, -0.05) is 43.2 Å². The molecule has 20 heavy (non-hydrogen) atoms. The van der Waals surface area contributed by atoms with Crippen molar-refractivity contribution in [3.8, 4) is 0 Å². The van der Waals surface area contributed by atoms with Crippen molar-refractivity contribution in [2.75, 3.05) is 26.2 Å². The van der Waals surface area contributed by atoms with Gasteiger partial charge in [-0.15, -0.1) is 0 Å². The molecule has 4 nitrogen and oxygen atoms in total. The summed E-state index contributed by atoms with van der Waals surface area (Å²) in [4.78, 5) is 13.7. The molecular weight excluding hydrogens is 252 g/mol. The second-order valence-electron chi connectivity index (χ2n) is 5.17. The monoisotopic (exact) mass is 278 g/mol. The number of rotatable bonds is 8. The summed E-state index contributed by atoms with van der Waals surface area (Å²) in [6, 6.07) is 5.30. The Kier molecular flexibility index (Phi) is 6.68. The van der Waals surface area contributed by atoms with Gasteiger partial charge in [-0.05, 0) is 32.5 Å². The first-order valence-electron chi connectivity index (χ1n) is 7.24. The summed E-state index contributed by atoms with van der Waals surface area (Å²) in [7, 11) is 0. The van der Waals surface area contributed by atoms with E-state index in [0.29, 0.717) is 6.54 Å². The topological polar surface area (TPSA) is 52.6 Å². The molecule has 1 unspecified atom stereocenters. The number of carbonyl (C=O) groups is 1. The molecule has 1 aromatic carbocycles. The lowest BCUT2D eigenvalue weighted by molar-refractivity contribution is -0.139. The second-order valence-corrected chi connectivity index (χ2v) is 5.17. The van der Waals surface area contributed by atoms with Gasteiger partial charge in [-0.2, -0.15) is 0 Å². The zero-order valence-electron chi connectivity index (χ0n) is 12.9. The minimum absolute atomic E-state index is 0.635. The predicted molar refractivity (Wildman–Crippen MR) is 82.1 cm³/mol. The molecule has 4 heteroatoms. The number of carboxylic acid groups (broad SMARTS) is 1. The van der Waals surface area contributed by atoms with Crippen LogP contribution in [0, 0.1) is 13.8 Å². The molecule has 0 aliphatic carbocycles. The smallest absolute Gasteiger partial charge is 0.325 e. The number of carboxylic acids is 1. The fourth-order valence-electron chi connectivity index (χ4n) is 2.43. The van der Waals surface area contributed by atoms with E-state index in [1.165, 1.54) is 0 Å². The maximum absolute atomic E-state index is 11.5. The van der Waals surface area contributed by atoms with Crippen LogP contribution in [0.2, 0.25) is 0 Å². The SMILES string of the molecule is CCN(CC)CCNC(C(=O)O)c1cc(C)cc(C)c1. The molecule has 0 saturated heterocycles. The van der Waals surface area contributed by atoms with Gasteiger partial charge in [0.15, 0.2) is 0 Å². The number of hydrogen-bond donors (Lipinski definition) is 2. The maximum Gasteiger partial charge on any atom is 0.325 e. The van der Waals surface area contributed by atoms with Crippen LogP contribution in [-0.4, -0.2) is 42.2 Å². The van der Waals surface area contributed by atoms with Crippen LogP contribution in [0.1, 0.15) is 36.6 Å². The van der Waals surface area contributed by atoms with Crippen molar-refractivity contribution in [1.29, 1.82) is 0 Å². The summed E-state index contributed by atoms with van der Waals surface area (Å²) in [5, 5.41) is 12.6. The minimum atomic E-state index is -0.824. The molecule has 0 saturated carbocycles. The summed E-state index contributed by atoms with van der Waals surface area (Å²) < 4.78 is 0. The van der Waals surface area contributed by atoms with Crippen LogP contribution in [0.15, 0.2) is 18.2 Å². The third-order valence-corrected chi connectivity index (χ3v) is 3.50. The highest BCUT2D eigenvalue weighted by Crippen LogP contribution is 2.17. The third-order valence-electron chi connectivity index (χ3n) is 3.50. The van der Waals surface area contributed by atoms with E-state index in [0.717, 1.165) is 36.3 Å². The van der Waals surface area contributed by atoms with Crippen LogP contribution in [0.25, 0.3) is 0 Å². The number of aliphatic carboxylic acids is 1. The van der Waals surface area contributed by atoms with E-state index in [1.807, 2.05) is 26.0 Å². The number of nitrogens with zero attached hydrogens (tertiary/aromatic N) is 1. The van der Waals surface area contributed by atoms with Crippen molar-refractivity contribution in [3.63, 3.8) is 0 Å². The number of aryl methyl sites for hydroxylation is 2. The summed E-state index contributed by atoms with van der Waals surface area (Å²) in [6.45, 7) is 11.7. The Bertz CT molecular complexity index is 422. The van der Waals surface area contributed by atoms with E-state index < -0.39 is 12.0 Å². The van der Waals surface area contributed by atoms with Crippen molar-refractivity contribution < 1.29 is 9.90 Å². The van der Waals surface area contributed by atoms with E-state index >= 15 is 0 Å². The lowest BCUT2D eigenvalue weighted by Crippen LogP contribution is -2.36. The number of benzene rings is 1. The fraction of sp³-hybridized carbons (Fsp3) is 0.562. The van der Waals surface area contributed by atoms with E-state index in [2.05, 4.69) is 30.1 Å². The fourth-order valence-corrected chi connectivity index (χ4v) is 2.43. The van der Waals surface area contributed by atoms with Crippen LogP contribution in [0.4, 0.5) is 0 Å². The largest absolute Gasteiger partial charge is 0.480 e. The molecule has 0 aliphatic heterocycles. The minimum Gasteiger partial charge on any atom is -0.480 e. The molecule has 0 fully saturated rings. The Morgan fingerprint density at radius 2 is 1.75 bits per heavy atom. The first kappa shape index (κ1) is 16.7. The average Bonchev–Trinajstić information content (AvgIpc) is 2.37. The van der Waals surface area contributed by atoms with Gasteiger partial charge in [0.2, 0.25) is 0 Å². The molecule has 0 heterocycles. The summed E-state index contributed by atoms with van der Waals surface area (Å²) >= 11 is 0. The maximum atomic E-state index is 11.5. The molecule has 112 valence electrons. The summed E-state index contributed by atoms with van der Waals surface area (Å²) in [5.41, 5.74) is 3.02. The van der Waals surface area contributed by atoms with Crippen LogP contribution < -0.4 is 5.32 Å². The quantitative estimate of drug-likeness (QED) is 0.766. The second kappa shape index (κ2) is 8.02. The van der Waals surface area contributed by atoms with E-state index in [1.54, 1.807) is 0 Å². The van der Waals surface area contributed by atoms with Gasteiger partial charge in [0.05, 0.1) is 0 Å². The molecule has 1 aromatic rings. The molecule has 0 aromatic heterocycles. The van der Waals surface area contributed by atoms with Crippen molar-refractivity contribution in [3.05, 3.63) is 34.9 Å². The number of hydrogen-bond acceptors (Lipinski definition) is 3. The van der Waals surface area contributed by atoms with Gasteiger partial charge < -0.3 is 10.0 Å². The van der Waals surface area contributed by atoms with E-state index in [4.69, 9.17) is 0 Å². The first-order chi connectivity index (χ1) is 9.47. The Labute approximate surface area is 121 Å². The normalized spacial score (nSPS) is 12.7. The Morgan fingerprint density at radius 1 is 1.20 bits per heavy atom. The zero-order valence-corrected chi connectivity index (χ0v) is 12.9. The van der Waals surface area contributed by atoms with Crippen molar-refractivity contribution in [2.24, 2.45) is 0 Å². The van der Waals surface area contributed by atoms with E-state index in [-0.39, 0.29) is 0 Å². The summed E-state index contributed by atoms with van der Waals surface area (Å²) in [5.74, 6) is -0.824. The zero-order chi connectivity index (χ0) is 15.1. The third kappa shape index (κ3) is 4.94. The molecular formula is C16H26N2O2. The number of likely N-dealkylation sites (N-methyl/N-ethyl adjacent to an activating group) is 1. The molecule has 0 bridgehead atoms. The molecule has 1 atom stereocenters. The average molecular weight is 278 g/mol. The van der Waals surface area contributed by atoms with Crippen LogP contribution >= 0.6 is 0 Å². The van der Waals surface area contributed by atoms with Crippen molar-refractivity contribution in [1.82, 2.24) is 10.2 Å². The molecule has 0 spiro atoms. The molecule has 0 aliphatic rings. The van der Waals surface area contributed by atoms with Gasteiger partial charge in [0, 0.05) is 13.1 Å². The predicted octanol–water partition coefficient (Wildman–Crippen LogP) is 2.36. The van der Waals surface area contributed by atoms with Crippen molar-refractivity contribution in [2.45, 2.75) is 33.7 Å². The standard InChI is InChI=1S/C16H26N2O2/c1-5-18(6-2)8-7-17-15(16(19)20)14-10-12(3)9-13(4)11-14/h9-11,15,17H,5-8H2,1-4H3,(H,19,20). The van der Waals surface area contributed by atoms with Gasteiger partial charge in [0.25, 0.3) is 0 Å². The molecule has 1 rings (SSSR count). The first-order valence-corrected chi connectivity index (χ1v) is 7.24. The van der Waals surface area contributed by atoms with Gasteiger partial charge in [-0.3, -0.25) is 10.1 Å². The Morgan fingerprint density at radius 3 is 2.20 bits per heavy atom. The summed E-state index contributed by atoms with van der Waals surface area (Å²) in [6.07, 6.45) is 0. The van der Waals surface area contributed by atoms with Crippen LogP contribution in [0.3, 0.4) is 0 Å². The lowest BCUT2D eigenvalue weighted by atomic mass is 10.0. The highest BCUT2D eigenvalue weighted by Gasteiger charge is 2.19. The Hall–Kier alpha value is -1.39. The highest BCUT2D eigenvalue weighted by molar-refractivity contribution is 5.75. The molecule has 2 N–H and O–H groups in total. The van der Waals surface area contributed by atoms with Crippen molar-refractivity contribution >= 4 is 5.97 Å². The molecule has 0 radical (unpaired) electrons. The number of nitrogens with one attached hydrogen (secondary N) is 1. The highest BCUT2D eigenvalue weighted by atomic mass is 16.4. The lowest BCUT2D eigenvalue weighted by Gasteiger charge is -2.21. The Balaban J connectivity index is 2.72. The van der Waals surface area contributed by atoms with Crippen LogP contribution in [-0.2, 0) is 4.79 Å².